The molecule has 1 saturated carbocycles. The lowest BCUT2D eigenvalue weighted by Gasteiger charge is -2.32. The van der Waals surface area contributed by atoms with E-state index in [4.69, 9.17) is 0 Å². The molecule has 1 atom stereocenters. The van der Waals surface area contributed by atoms with Gasteiger partial charge in [-0.2, -0.15) is 0 Å². The number of carbonyl (C=O) groups excluding carboxylic acids is 3. The van der Waals surface area contributed by atoms with Gasteiger partial charge in [0.2, 0.25) is 11.8 Å². The van der Waals surface area contributed by atoms with Crippen molar-refractivity contribution in [2.75, 3.05) is 10.6 Å². The van der Waals surface area contributed by atoms with Crippen LogP contribution in [0.1, 0.15) is 43.4 Å². The van der Waals surface area contributed by atoms with Crippen LogP contribution in [-0.2, 0) is 9.59 Å². The first-order valence-corrected chi connectivity index (χ1v) is 10.0. The summed E-state index contributed by atoms with van der Waals surface area (Å²) in [6.07, 6.45) is 5.76. The molecule has 0 unspecified atom stereocenters. The van der Waals surface area contributed by atoms with Gasteiger partial charge in [0.05, 0.1) is 12.5 Å². The van der Waals surface area contributed by atoms with Crippen molar-refractivity contribution in [1.82, 2.24) is 10.2 Å². The zero-order valence-corrected chi connectivity index (χ0v) is 16.7. The maximum Gasteiger partial charge on any atom is 0.319 e. The number of benzene rings is 2. The Hall–Kier alpha value is -3.61. The average molecular weight is 404 g/mol. The summed E-state index contributed by atoms with van der Waals surface area (Å²) in [5.74, 6) is -0.331. The second-order valence-electron chi connectivity index (χ2n) is 7.59. The molecule has 0 bridgehead atoms. The molecule has 2 aromatic carbocycles. The Morgan fingerprint density at radius 2 is 1.73 bits per heavy atom. The highest BCUT2D eigenvalue weighted by atomic mass is 16.2. The van der Waals surface area contributed by atoms with Crippen molar-refractivity contribution in [2.45, 2.75) is 38.3 Å². The minimum atomic E-state index is -0.366. The number of hydrogen-bond acceptors (Lipinski definition) is 3. The molecule has 0 saturated heterocycles. The number of nitrogens with one attached hydrogen (secondary N) is 3. The lowest BCUT2D eigenvalue weighted by molar-refractivity contribution is -0.129. The fraction of sp³-hybridized carbons (Fsp3) is 0.261. The van der Waals surface area contributed by atoms with Crippen LogP contribution in [0, 0.1) is 0 Å². The molecule has 0 aromatic heterocycles. The Balaban J connectivity index is 1.43. The maximum atomic E-state index is 12.8. The largest absolute Gasteiger partial charge is 0.335 e. The zero-order chi connectivity index (χ0) is 21.1. The molecule has 154 valence electrons. The van der Waals surface area contributed by atoms with Crippen molar-refractivity contribution in [3.05, 3.63) is 65.9 Å². The molecule has 1 fully saturated rings. The fourth-order valence-corrected chi connectivity index (χ4v) is 3.56. The number of fused-ring (bicyclic) bond motifs is 1. The number of hydrogen-bond donors (Lipinski definition) is 3. The predicted octanol–water partition coefficient (Wildman–Crippen LogP) is 3.87. The van der Waals surface area contributed by atoms with Crippen LogP contribution < -0.4 is 16.0 Å². The van der Waals surface area contributed by atoms with Crippen molar-refractivity contribution in [1.29, 1.82) is 0 Å². The number of urea groups is 1. The Morgan fingerprint density at radius 1 is 1.00 bits per heavy atom. The summed E-state index contributed by atoms with van der Waals surface area (Å²) in [7, 11) is 0. The van der Waals surface area contributed by atoms with Crippen LogP contribution >= 0.6 is 0 Å². The Labute approximate surface area is 175 Å². The minimum Gasteiger partial charge on any atom is -0.335 e. The first kappa shape index (κ1) is 19.7. The summed E-state index contributed by atoms with van der Waals surface area (Å²) in [6, 6.07) is 14.4. The summed E-state index contributed by atoms with van der Waals surface area (Å²) >= 11 is 0. The standard InChI is InChI=1S/C23H24N4O3/c1-15(28)27-12-11-16-5-2-3-8-20(16)21(27)14-22(29)24-18-6-4-7-19(13-18)26-23(30)25-17-9-10-17/h2-8,11-13,17,21H,9-10,14H2,1H3,(H,24,29)(H2,25,26,30)/t21-/m1/s1. The molecule has 7 heteroatoms. The van der Waals surface area contributed by atoms with Gasteiger partial charge in [-0.3, -0.25) is 9.59 Å². The summed E-state index contributed by atoms with van der Waals surface area (Å²) in [4.78, 5) is 38.4. The first-order valence-electron chi connectivity index (χ1n) is 10.0. The van der Waals surface area contributed by atoms with E-state index in [9.17, 15) is 14.4 Å². The van der Waals surface area contributed by atoms with Gasteiger partial charge in [-0.05, 0) is 48.2 Å². The molecular formula is C23H24N4O3. The number of nitrogens with zero attached hydrogens (tertiary/aromatic N) is 1. The van der Waals surface area contributed by atoms with E-state index in [0.717, 1.165) is 24.0 Å². The molecule has 4 rings (SSSR count). The second-order valence-corrected chi connectivity index (χ2v) is 7.59. The van der Waals surface area contributed by atoms with E-state index < -0.39 is 0 Å². The molecule has 2 aromatic rings. The normalized spacial score (nSPS) is 17.1. The monoisotopic (exact) mass is 404 g/mol. The van der Waals surface area contributed by atoms with Crippen LogP contribution in [0.3, 0.4) is 0 Å². The molecule has 30 heavy (non-hydrogen) atoms. The van der Waals surface area contributed by atoms with E-state index in [-0.39, 0.29) is 36.3 Å². The average Bonchev–Trinajstić information content (AvgIpc) is 3.52. The van der Waals surface area contributed by atoms with E-state index in [1.54, 1.807) is 35.4 Å². The van der Waals surface area contributed by atoms with Gasteiger partial charge < -0.3 is 20.9 Å². The van der Waals surface area contributed by atoms with Crippen molar-refractivity contribution >= 4 is 35.3 Å². The highest BCUT2D eigenvalue weighted by Gasteiger charge is 2.28. The van der Waals surface area contributed by atoms with Gasteiger partial charge in [0.25, 0.3) is 0 Å². The molecular weight excluding hydrogens is 380 g/mol. The molecule has 0 radical (unpaired) electrons. The third-order valence-corrected chi connectivity index (χ3v) is 5.16. The molecule has 2 aliphatic rings. The summed E-state index contributed by atoms with van der Waals surface area (Å²) in [5, 5.41) is 8.51. The predicted molar refractivity (Wildman–Crippen MR) is 116 cm³/mol. The Kier molecular flexibility index (Phi) is 5.52. The van der Waals surface area contributed by atoms with Crippen molar-refractivity contribution in [3.63, 3.8) is 0 Å². The summed E-state index contributed by atoms with van der Waals surface area (Å²) in [6.45, 7) is 1.49. The Morgan fingerprint density at radius 3 is 2.47 bits per heavy atom. The van der Waals surface area contributed by atoms with Crippen LogP contribution in [0.5, 0.6) is 0 Å². The molecule has 1 heterocycles. The number of rotatable bonds is 5. The third-order valence-electron chi connectivity index (χ3n) is 5.16. The van der Waals surface area contributed by atoms with Gasteiger partial charge in [0, 0.05) is 30.5 Å². The van der Waals surface area contributed by atoms with Crippen molar-refractivity contribution < 1.29 is 14.4 Å². The fourth-order valence-electron chi connectivity index (χ4n) is 3.56. The SMILES string of the molecule is CC(=O)N1C=Cc2ccccc2[C@H]1CC(=O)Nc1cccc(NC(=O)NC2CC2)c1. The lowest BCUT2D eigenvalue weighted by Crippen LogP contribution is -2.33. The van der Waals surface area contributed by atoms with Gasteiger partial charge >= 0.3 is 6.03 Å². The second kappa shape index (κ2) is 8.41. The van der Waals surface area contributed by atoms with E-state index in [1.165, 1.54) is 6.92 Å². The highest BCUT2D eigenvalue weighted by Crippen LogP contribution is 2.33. The first-order chi connectivity index (χ1) is 14.5. The van der Waals surface area contributed by atoms with Gasteiger partial charge in [-0.25, -0.2) is 4.79 Å². The number of carbonyl (C=O) groups is 3. The molecule has 3 N–H and O–H groups in total. The topological polar surface area (TPSA) is 90.5 Å². The lowest BCUT2D eigenvalue weighted by atomic mass is 9.93. The van der Waals surface area contributed by atoms with Crippen LogP contribution in [0.15, 0.2) is 54.7 Å². The molecule has 1 aliphatic carbocycles. The van der Waals surface area contributed by atoms with Gasteiger partial charge in [0.15, 0.2) is 0 Å². The van der Waals surface area contributed by atoms with Crippen molar-refractivity contribution in [2.24, 2.45) is 0 Å². The quantitative estimate of drug-likeness (QED) is 0.706. The molecule has 7 nitrogen and oxygen atoms in total. The van der Waals surface area contributed by atoms with Gasteiger partial charge in [-0.1, -0.05) is 30.3 Å². The smallest absolute Gasteiger partial charge is 0.319 e. The molecule has 0 spiro atoms. The molecule has 1 aliphatic heterocycles. The number of anilines is 2. The van der Waals surface area contributed by atoms with Crippen molar-refractivity contribution in [3.8, 4) is 0 Å². The van der Waals surface area contributed by atoms with E-state index in [0.29, 0.717) is 11.4 Å². The van der Waals surface area contributed by atoms with Crippen LogP contribution in [0.4, 0.5) is 16.2 Å². The van der Waals surface area contributed by atoms with Crippen LogP contribution in [0.2, 0.25) is 0 Å². The Bertz CT molecular complexity index is 1010. The third kappa shape index (κ3) is 4.68. The van der Waals surface area contributed by atoms with Gasteiger partial charge in [0.1, 0.15) is 0 Å². The van der Waals surface area contributed by atoms with E-state index in [1.807, 2.05) is 30.3 Å². The van der Waals surface area contributed by atoms with Gasteiger partial charge in [-0.15, -0.1) is 0 Å². The highest BCUT2D eigenvalue weighted by molar-refractivity contribution is 5.94. The summed E-state index contributed by atoms with van der Waals surface area (Å²) in [5.41, 5.74) is 3.12. The molecule has 4 amide bonds. The van der Waals surface area contributed by atoms with Crippen LogP contribution in [0.25, 0.3) is 6.08 Å². The van der Waals surface area contributed by atoms with E-state index >= 15 is 0 Å². The minimum absolute atomic E-state index is 0.119. The van der Waals surface area contributed by atoms with E-state index in [2.05, 4.69) is 16.0 Å². The zero-order valence-electron chi connectivity index (χ0n) is 16.7. The number of amides is 4. The maximum absolute atomic E-state index is 12.8. The summed E-state index contributed by atoms with van der Waals surface area (Å²) < 4.78 is 0. The van der Waals surface area contributed by atoms with Crippen LogP contribution in [-0.4, -0.2) is 28.8 Å².